The molecule has 0 unspecified atom stereocenters. The van der Waals surface area contributed by atoms with Crippen LogP contribution in [0.5, 0.6) is 0 Å². The Morgan fingerprint density at radius 2 is 2.08 bits per heavy atom. The van der Waals surface area contributed by atoms with E-state index >= 15 is 0 Å². The van der Waals surface area contributed by atoms with Gasteiger partial charge in [0.05, 0.1) is 12.5 Å². The van der Waals surface area contributed by atoms with Crippen LogP contribution in [0, 0.1) is 5.92 Å². The molecule has 4 nitrogen and oxygen atoms in total. The van der Waals surface area contributed by atoms with Crippen LogP contribution >= 0.6 is 0 Å². The molecular formula is C20H24N2O2. The van der Waals surface area contributed by atoms with Gasteiger partial charge in [0, 0.05) is 31.0 Å². The van der Waals surface area contributed by atoms with Crippen molar-refractivity contribution in [3.8, 4) is 11.1 Å². The summed E-state index contributed by atoms with van der Waals surface area (Å²) < 4.78 is 5.18. The second kappa shape index (κ2) is 8.06. The van der Waals surface area contributed by atoms with E-state index in [1.807, 2.05) is 37.5 Å². The average molecular weight is 324 g/mol. The Morgan fingerprint density at radius 1 is 1.25 bits per heavy atom. The Labute approximate surface area is 143 Å². The highest BCUT2D eigenvalue weighted by atomic mass is 16.5. The summed E-state index contributed by atoms with van der Waals surface area (Å²) in [6.07, 6.45) is 5.78. The van der Waals surface area contributed by atoms with E-state index in [9.17, 15) is 4.79 Å². The smallest absolute Gasteiger partial charge is 0.310 e. The second-order valence-corrected chi connectivity index (χ2v) is 6.27. The van der Waals surface area contributed by atoms with Crippen molar-refractivity contribution in [2.75, 3.05) is 19.7 Å². The Hall–Kier alpha value is -2.20. The van der Waals surface area contributed by atoms with Crippen LogP contribution in [0.4, 0.5) is 0 Å². The summed E-state index contributed by atoms with van der Waals surface area (Å²) in [6.45, 7) is 4.93. The van der Waals surface area contributed by atoms with E-state index in [0.29, 0.717) is 6.61 Å². The second-order valence-electron chi connectivity index (χ2n) is 6.27. The number of likely N-dealkylation sites (tertiary alicyclic amines) is 1. The number of hydrogen-bond acceptors (Lipinski definition) is 4. The fourth-order valence-electron chi connectivity index (χ4n) is 3.27. The molecule has 1 aromatic heterocycles. The van der Waals surface area contributed by atoms with Crippen molar-refractivity contribution in [3.05, 3.63) is 54.4 Å². The number of ether oxygens (including phenoxy) is 1. The molecule has 1 aliphatic rings. The molecule has 0 amide bonds. The van der Waals surface area contributed by atoms with Crippen molar-refractivity contribution in [2.45, 2.75) is 26.3 Å². The van der Waals surface area contributed by atoms with E-state index in [1.165, 1.54) is 11.1 Å². The molecule has 0 bridgehead atoms. The molecule has 4 heteroatoms. The third kappa shape index (κ3) is 4.20. The number of rotatable bonds is 5. The van der Waals surface area contributed by atoms with Crippen molar-refractivity contribution in [1.29, 1.82) is 0 Å². The summed E-state index contributed by atoms with van der Waals surface area (Å²) in [5.74, 6) is -0.0534. The summed E-state index contributed by atoms with van der Waals surface area (Å²) in [5, 5.41) is 0. The number of benzene rings is 1. The van der Waals surface area contributed by atoms with E-state index in [1.54, 1.807) is 0 Å². The summed E-state index contributed by atoms with van der Waals surface area (Å²) in [4.78, 5) is 18.7. The molecule has 1 aromatic carbocycles. The molecule has 0 aliphatic carbocycles. The predicted molar refractivity (Wildman–Crippen MR) is 94.3 cm³/mol. The average Bonchev–Trinajstić information content (AvgIpc) is 2.63. The highest BCUT2D eigenvalue weighted by Gasteiger charge is 2.26. The molecule has 2 heterocycles. The lowest BCUT2D eigenvalue weighted by molar-refractivity contribution is -0.150. The van der Waals surface area contributed by atoms with Gasteiger partial charge >= 0.3 is 5.97 Å². The van der Waals surface area contributed by atoms with Crippen LogP contribution in [0.25, 0.3) is 11.1 Å². The maximum atomic E-state index is 12.0. The normalized spacial score (nSPS) is 18.3. The van der Waals surface area contributed by atoms with E-state index < -0.39 is 0 Å². The van der Waals surface area contributed by atoms with E-state index in [4.69, 9.17) is 4.74 Å². The van der Waals surface area contributed by atoms with Crippen molar-refractivity contribution in [2.24, 2.45) is 5.92 Å². The lowest BCUT2D eigenvalue weighted by atomic mass is 9.97. The zero-order chi connectivity index (χ0) is 16.8. The van der Waals surface area contributed by atoms with Gasteiger partial charge in [-0.3, -0.25) is 14.7 Å². The minimum Gasteiger partial charge on any atom is -0.466 e. The van der Waals surface area contributed by atoms with Gasteiger partial charge in [0.25, 0.3) is 0 Å². The molecular weight excluding hydrogens is 300 g/mol. The van der Waals surface area contributed by atoms with Crippen LogP contribution in [-0.2, 0) is 16.1 Å². The standard InChI is InChI=1S/C20H24N2O2/c1-2-24-20(23)18-9-6-10-22(15-18)14-16-11-19(13-21-12-16)17-7-4-3-5-8-17/h3-5,7-8,11-13,18H,2,6,9-10,14-15H2,1H3/t18-/m1/s1. The summed E-state index contributed by atoms with van der Waals surface area (Å²) >= 11 is 0. The Bertz CT molecular complexity index is 672. The minimum absolute atomic E-state index is 0.00367. The fourth-order valence-corrected chi connectivity index (χ4v) is 3.27. The van der Waals surface area contributed by atoms with Gasteiger partial charge in [0.15, 0.2) is 0 Å². The highest BCUT2D eigenvalue weighted by molar-refractivity contribution is 5.72. The minimum atomic E-state index is -0.0571. The molecule has 1 saturated heterocycles. The molecule has 0 saturated carbocycles. The van der Waals surface area contributed by atoms with Crippen molar-refractivity contribution in [3.63, 3.8) is 0 Å². The number of carbonyl (C=O) groups excluding carboxylic acids is 1. The van der Waals surface area contributed by atoms with Crippen LogP contribution < -0.4 is 0 Å². The number of nitrogens with zero attached hydrogens (tertiary/aromatic N) is 2. The number of hydrogen-bond donors (Lipinski definition) is 0. The van der Waals surface area contributed by atoms with Gasteiger partial charge in [-0.05, 0) is 43.5 Å². The first kappa shape index (κ1) is 16.7. The van der Waals surface area contributed by atoms with Crippen LogP contribution in [-0.4, -0.2) is 35.5 Å². The van der Waals surface area contributed by atoms with Gasteiger partial charge in [0.2, 0.25) is 0 Å². The summed E-state index contributed by atoms with van der Waals surface area (Å²) in [6, 6.07) is 12.5. The van der Waals surface area contributed by atoms with Crippen LogP contribution in [0.15, 0.2) is 48.8 Å². The van der Waals surface area contributed by atoms with Gasteiger partial charge in [0.1, 0.15) is 0 Å². The molecule has 0 spiro atoms. The monoisotopic (exact) mass is 324 g/mol. The predicted octanol–water partition coefficient (Wildman–Crippen LogP) is 3.52. The molecule has 1 atom stereocenters. The Balaban J connectivity index is 1.66. The molecule has 126 valence electrons. The molecule has 0 N–H and O–H groups in total. The summed E-state index contributed by atoms with van der Waals surface area (Å²) in [5.41, 5.74) is 3.49. The SMILES string of the molecule is CCOC(=O)[C@@H]1CCCN(Cc2cncc(-c3ccccc3)c2)C1. The molecule has 2 aromatic rings. The molecule has 3 rings (SSSR count). The van der Waals surface area contributed by atoms with Crippen LogP contribution in [0.2, 0.25) is 0 Å². The third-order valence-electron chi connectivity index (χ3n) is 4.43. The van der Waals surface area contributed by atoms with Crippen molar-refractivity contribution >= 4 is 5.97 Å². The van der Waals surface area contributed by atoms with Crippen molar-refractivity contribution in [1.82, 2.24) is 9.88 Å². The third-order valence-corrected chi connectivity index (χ3v) is 4.43. The lowest BCUT2D eigenvalue weighted by Crippen LogP contribution is -2.38. The van der Waals surface area contributed by atoms with Gasteiger partial charge in [-0.2, -0.15) is 0 Å². The number of carbonyl (C=O) groups is 1. The van der Waals surface area contributed by atoms with Crippen LogP contribution in [0.1, 0.15) is 25.3 Å². The zero-order valence-electron chi connectivity index (χ0n) is 14.1. The first-order chi connectivity index (χ1) is 11.8. The van der Waals surface area contributed by atoms with E-state index in [0.717, 1.165) is 38.0 Å². The Morgan fingerprint density at radius 3 is 2.88 bits per heavy atom. The number of pyridine rings is 1. The first-order valence-electron chi connectivity index (χ1n) is 8.64. The van der Waals surface area contributed by atoms with Gasteiger partial charge in [-0.15, -0.1) is 0 Å². The molecule has 0 radical (unpaired) electrons. The topological polar surface area (TPSA) is 42.4 Å². The maximum absolute atomic E-state index is 12.0. The molecule has 1 aliphatic heterocycles. The lowest BCUT2D eigenvalue weighted by Gasteiger charge is -2.31. The quantitative estimate of drug-likeness (QED) is 0.789. The largest absolute Gasteiger partial charge is 0.466 e. The summed E-state index contributed by atoms with van der Waals surface area (Å²) in [7, 11) is 0. The fraction of sp³-hybridized carbons (Fsp3) is 0.400. The zero-order valence-corrected chi connectivity index (χ0v) is 14.1. The molecule has 1 fully saturated rings. The number of aromatic nitrogens is 1. The van der Waals surface area contributed by atoms with Gasteiger partial charge < -0.3 is 4.74 Å². The van der Waals surface area contributed by atoms with Gasteiger partial charge in [-0.25, -0.2) is 0 Å². The van der Waals surface area contributed by atoms with E-state index in [2.05, 4.69) is 28.1 Å². The van der Waals surface area contributed by atoms with Crippen molar-refractivity contribution < 1.29 is 9.53 Å². The molecule has 24 heavy (non-hydrogen) atoms. The number of piperidine rings is 1. The maximum Gasteiger partial charge on any atom is 0.310 e. The highest BCUT2D eigenvalue weighted by Crippen LogP contribution is 2.22. The van der Waals surface area contributed by atoms with E-state index in [-0.39, 0.29) is 11.9 Å². The number of esters is 1. The van der Waals surface area contributed by atoms with Gasteiger partial charge in [-0.1, -0.05) is 30.3 Å². The van der Waals surface area contributed by atoms with Crippen LogP contribution in [0.3, 0.4) is 0 Å². The Kier molecular flexibility index (Phi) is 5.59. The first-order valence-corrected chi connectivity index (χ1v) is 8.64.